The van der Waals surface area contributed by atoms with Crippen LogP contribution in [-0.4, -0.2) is 35.1 Å². The summed E-state index contributed by atoms with van der Waals surface area (Å²) in [6.45, 7) is 9.59. The summed E-state index contributed by atoms with van der Waals surface area (Å²) in [6, 6.07) is 11.9. The van der Waals surface area contributed by atoms with Crippen molar-refractivity contribution in [3.8, 4) is 11.3 Å². The van der Waals surface area contributed by atoms with Crippen molar-refractivity contribution in [2.75, 3.05) is 13.1 Å². The Morgan fingerprint density at radius 2 is 1.88 bits per heavy atom. The molecule has 1 N–H and O–H groups in total. The summed E-state index contributed by atoms with van der Waals surface area (Å²) >= 11 is 0. The largest absolute Gasteiger partial charge is 0.451 e. The van der Waals surface area contributed by atoms with Gasteiger partial charge in [-0.15, -0.1) is 0 Å². The number of carbonyl (C=O) groups excluding carboxylic acids is 1. The lowest BCUT2D eigenvalue weighted by Gasteiger charge is -2.18. The summed E-state index contributed by atoms with van der Waals surface area (Å²) < 4.78 is 5.81. The highest BCUT2D eigenvalue weighted by Gasteiger charge is 2.30. The van der Waals surface area contributed by atoms with Crippen molar-refractivity contribution in [2.45, 2.75) is 45.6 Å². The van der Waals surface area contributed by atoms with Crippen molar-refractivity contribution in [1.82, 2.24) is 4.90 Å². The Morgan fingerprint density at radius 1 is 1.20 bits per heavy atom. The average Bonchev–Trinajstić information content (AvgIpc) is 3.23. The van der Waals surface area contributed by atoms with E-state index in [9.17, 15) is 9.90 Å². The Bertz CT molecular complexity index is 737. The highest BCUT2D eigenvalue weighted by Crippen LogP contribution is 2.28. The zero-order valence-corrected chi connectivity index (χ0v) is 15.5. The summed E-state index contributed by atoms with van der Waals surface area (Å²) in [5.74, 6) is 1.13. The van der Waals surface area contributed by atoms with Crippen LogP contribution in [0, 0.1) is 5.92 Å². The van der Waals surface area contributed by atoms with Crippen LogP contribution in [0.4, 0.5) is 0 Å². The molecule has 1 aliphatic rings. The van der Waals surface area contributed by atoms with E-state index in [-0.39, 0.29) is 23.3 Å². The second-order valence-electron chi connectivity index (χ2n) is 8.03. The number of aliphatic hydroxyl groups is 1. The standard InChI is InChI=1S/C21H27NO3/c1-14(23)16-11-12-22(13-16)20(24)19-10-9-18(25-19)15-5-7-17(8-6-15)21(2,3)4/h5-10,14,16,23H,11-13H2,1-4H3. The normalized spacial score (nSPS) is 19.2. The van der Waals surface area contributed by atoms with Gasteiger partial charge >= 0.3 is 0 Å². The van der Waals surface area contributed by atoms with E-state index in [0.29, 0.717) is 24.6 Å². The fraction of sp³-hybridized carbons (Fsp3) is 0.476. The van der Waals surface area contributed by atoms with Crippen LogP contribution in [0.1, 0.15) is 50.2 Å². The summed E-state index contributed by atoms with van der Waals surface area (Å²) in [5, 5.41) is 9.69. The van der Waals surface area contributed by atoms with E-state index in [2.05, 4.69) is 32.9 Å². The maximum absolute atomic E-state index is 12.6. The minimum atomic E-state index is -0.383. The molecule has 25 heavy (non-hydrogen) atoms. The number of likely N-dealkylation sites (tertiary alicyclic amines) is 1. The molecule has 2 atom stereocenters. The van der Waals surface area contributed by atoms with Gasteiger partial charge in [0, 0.05) is 24.6 Å². The highest BCUT2D eigenvalue weighted by molar-refractivity contribution is 5.92. The highest BCUT2D eigenvalue weighted by atomic mass is 16.4. The lowest BCUT2D eigenvalue weighted by molar-refractivity contribution is 0.0732. The summed E-state index contributed by atoms with van der Waals surface area (Å²) in [4.78, 5) is 14.4. The molecule has 1 aromatic carbocycles. The second-order valence-corrected chi connectivity index (χ2v) is 8.03. The second kappa shape index (κ2) is 6.68. The number of rotatable bonds is 3. The van der Waals surface area contributed by atoms with E-state index in [0.717, 1.165) is 12.0 Å². The van der Waals surface area contributed by atoms with Crippen LogP contribution in [0.15, 0.2) is 40.8 Å². The minimum absolute atomic E-state index is 0.0966. The van der Waals surface area contributed by atoms with Gasteiger partial charge in [0.05, 0.1) is 6.10 Å². The number of amides is 1. The number of carbonyl (C=O) groups is 1. The van der Waals surface area contributed by atoms with E-state index in [1.54, 1.807) is 17.9 Å². The van der Waals surface area contributed by atoms with Gasteiger partial charge in [-0.05, 0) is 36.5 Å². The first-order valence-corrected chi connectivity index (χ1v) is 8.94. The molecule has 0 saturated carbocycles. The maximum Gasteiger partial charge on any atom is 0.289 e. The number of hydrogen-bond donors (Lipinski definition) is 1. The predicted molar refractivity (Wildman–Crippen MR) is 98.5 cm³/mol. The van der Waals surface area contributed by atoms with Crippen molar-refractivity contribution in [3.63, 3.8) is 0 Å². The lowest BCUT2D eigenvalue weighted by Crippen LogP contribution is -2.30. The van der Waals surface area contributed by atoms with Gasteiger partial charge in [-0.25, -0.2) is 0 Å². The van der Waals surface area contributed by atoms with E-state index in [1.807, 2.05) is 18.2 Å². The molecule has 3 rings (SSSR count). The number of aliphatic hydroxyl groups excluding tert-OH is 1. The molecule has 134 valence electrons. The van der Waals surface area contributed by atoms with Gasteiger partial charge in [-0.3, -0.25) is 4.79 Å². The Balaban J connectivity index is 1.73. The van der Waals surface area contributed by atoms with Crippen LogP contribution in [0.25, 0.3) is 11.3 Å². The molecule has 1 aromatic heterocycles. The van der Waals surface area contributed by atoms with E-state index in [1.165, 1.54) is 5.56 Å². The van der Waals surface area contributed by atoms with Gasteiger partial charge in [0.2, 0.25) is 0 Å². The molecule has 4 heteroatoms. The quantitative estimate of drug-likeness (QED) is 0.915. The van der Waals surface area contributed by atoms with Crippen LogP contribution in [0.3, 0.4) is 0 Å². The molecule has 0 radical (unpaired) electrons. The molecule has 0 aliphatic carbocycles. The molecule has 1 fully saturated rings. The first-order chi connectivity index (χ1) is 11.8. The van der Waals surface area contributed by atoms with Gasteiger partial charge < -0.3 is 14.4 Å². The minimum Gasteiger partial charge on any atom is -0.451 e. The van der Waals surface area contributed by atoms with Crippen molar-refractivity contribution >= 4 is 5.91 Å². The predicted octanol–water partition coefficient (Wildman–Crippen LogP) is 4.09. The smallest absolute Gasteiger partial charge is 0.289 e. The monoisotopic (exact) mass is 341 g/mol. The third-order valence-corrected chi connectivity index (χ3v) is 5.05. The van der Waals surface area contributed by atoms with Gasteiger partial charge in [-0.1, -0.05) is 45.0 Å². The van der Waals surface area contributed by atoms with Crippen LogP contribution in [0.5, 0.6) is 0 Å². The first-order valence-electron chi connectivity index (χ1n) is 8.94. The zero-order chi connectivity index (χ0) is 18.2. The van der Waals surface area contributed by atoms with Crippen molar-refractivity contribution in [2.24, 2.45) is 5.92 Å². The van der Waals surface area contributed by atoms with Crippen LogP contribution in [-0.2, 0) is 5.41 Å². The van der Waals surface area contributed by atoms with E-state index < -0.39 is 0 Å². The fourth-order valence-electron chi connectivity index (χ4n) is 3.26. The number of benzene rings is 1. The third kappa shape index (κ3) is 3.79. The summed E-state index contributed by atoms with van der Waals surface area (Å²) in [7, 11) is 0. The first kappa shape index (κ1) is 17.7. The number of furan rings is 1. The van der Waals surface area contributed by atoms with E-state index >= 15 is 0 Å². The van der Waals surface area contributed by atoms with Crippen molar-refractivity contribution < 1.29 is 14.3 Å². The zero-order valence-electron chi connectivity index (χ0n) is 15.5. The van der Waals surface area contributed by atoms with E-state index in [4.69, 9.17) is 4.42 Å². The van der Waals surface area contributed by atoms with Crippen LogP contribution < -0.4 is 0 Å². The molecule has 1 saturated heterocycles. The number of nitrogens with zero attached hydrogens (tertiary/aromatic N) is 1. The molecule has 2 aromatic rings. The third-order valence-electron chi connectivity index (χ3n) is 5.05. The van der Waals surface area contributed by atoms with Crippen molar-refractivity contribution in [3.05, 3.63) is 47.7 Å². The molecular formula is C21H27NO3. The lowest BCUT2D eigenvalue weighted by atomic mass is 9.86. The molecule has 0 spiro atoms. The Labute approximate surface area is 149 Å². The van der Waals surface area contributed by atoms with Crippen LogP contribution >= 0.6 is 0 Å². The van der Waals surface area contributed by atoms with Gasteiger partial charge in [-0.2, -0.15) is 0 Å². The van der Waals surface area contributed by atoms with Crippen LogP contribution in [0.2, 0.25) is 0 Å². The molecule has 1 aliphatic heterocycles. The topological polar surface area (TPSA) is 53.7 Å². The summed E-state index contributed by atoms with van der Waals surface area (Å²) in [6.07, 6.45) is 0.455. The number of hydrogen-bond acceptors (Lipinski definition) is 3. The van der Waals surface area contributed by atoms with Gasteiger partial charge in [0.15, 0.2) is 5.76 Å². The Morgan fingerprint density at radius 3 is 2.44 bits per heavy atom. The van der Waals surface area contributed by atoms with Crippen molar-refractivity contribution in [1.29, 1.82) is 0 Å². The molecule has 4 nitrogen and oxygen atoms in total. The van der Waals surface area contributed by atoms with Gasteiger partial charge in [0.1, 0.15) is 5.76 Å². The Kier molecular flexibility index (Phi) is 4.74. The molecule has 2 unspecified atom stereocenters. The molecular weight excluding hydrogens is 314 g/mol. The SMILES string of the molecule is CC(O)C1CCN(C(=O)c2ccc(-c3ccc(C(C)(C)C)cc3)o2)C1. The average molecular weight is 341 g/mol. The molecule has 1 amide bonds. The fourth-order valence-corrected chi connectivity index (χ4v) is 3.26. The molecule has 0 bridgehead atoms. The summed E-state index contributed by atoms with van der Waals surface area (Å²) in [5.41, 5.74) is 2.34. The molecule has 2 heterocycles. The maximum atomic E-state index is 12.6. The van der Waals surface area contributed by atoms with Gasteiger partial charge in [0.25, 0.3) is 5.91 Å². The Hall–Kier alpha value is -2.07.